The van der Waals surface area contributed by atoms with E-state index in [1.807, 2.05) is 84.9 Å². The van der Waals surface area contributed by atoms with Gasteiger partial charge in [-0.25, -0.2) is 19.3 Å². The Morgan fingerprint density at radius 2 is 1.08 bits per heavy atom. The number of tetrazole rings is 1. The van der Waals surface area contributed by atoms with Crippen molar-refractivity contribution in [2.24, 2.45) is 16.6 Å². The Morgan fingerprint density at radius 3 is 1.61 bits per heavy atom. The number of aromatic amines is 1. The third-order valence-electron chi connectivity index (χ3n) is 22.7. The van der Waals surface area contributed by atoms with Crippen molar-refractivity contribution in [1.82, 2.24) is 108 Å². The fraction of sp³-hybridized carbons (Fsp3) is 0.398. The number of aromatic nitrogens is 10. The molecule has 2 saturated heterocycles. The van der Waals surface area contributed by atoms with Crippen LogP contribution in [0.2, 0.25) is 0 Å². The van der Waals surface area contributed by atoms with E-state index in [0.717, 1.165) is 21.5 Å². The molecule has 9 amide bonds. The Morgan fingerprint density at radius 1 is 0.569 bits per heavy atom. The van der Waals surface area contributed by atoms with E-state index in [-0.39, 0.29) is 77.1 Å². The quantitative estimate of drug-likeness (QED) is 0.0617. The minimum absolute atomic E-state index is 0.00765. The van der Waals surface area contributed by atoms with Crippen molar-refractivity contribution in [3.8, 4) is 22.9 Å². The second-order valence-corrected chi connectivity index (χ2v) is 34.0. The lowest BCUT2D eigenvalue weighted by atomic mass is 9.85. The number of aliphatic carboxylic acids is 1. The molecule has 0 radical (unpaired) electrons. The number of H-pyrrole nitrogens is 1. The lowest BCUT2D eigenvalue weighted by molar-refractivity contribution is -0.145. The Hall–Kier alpha value is -13.4. The number of carbonyl (C=O) groups excluding carboxylic acids is 9. The summed E-state index contributed by atoms with van der Waals surface area (Å²) in [5.74, 6) is -6.25. The summed E-state index contributed by atoms with van der Waals surface area (Å²) in [6.07, 6.45) is 2.24. The third kappa shape index (κ3) is 21.3. The standard InChI is InChI=1S/C88H104N22O13/c1-50(90-9)76(111)97-73(86(3,4)5)83(118)107-46-64-41-71(107)81(116)94-69(40-55-23-29-58-18-12-14-20-60(58)35-55)80(115)96-70(85(120)121)38-53-26-32-66(33-27-53)123-48-63-45-110(106-100-63)88(89)42-72(108(49-88)84(119)74(87(6,7)8)98-77(112)51(2)91-10)82(117)95-68(39-54-22-28-57-17-11-13-19-59(57)34-54)79(114)93-67(37-52-24-30-65(31-25-52)122-47-62-44-109(64)105-99-62)78(113)92-43-56-16-15-21-61(36-56)75-101-103-104-102-75/h11-36,44-45,50-51,64,67-74,90-91H,37-43,46-49,89H2,1-10H3,(H,92,113)(H,93,114)(H,94,116)(H,95,117)(H,96,115)(H,97,111)(H,98,112)(H,120,121)(H,101,102,103,104). The number of carboxylic acids is 1. The van der Waals surface area contributed by atoms with Gasteiger partial charge in [-0.15, -0.1) is 15.3 Å². The van der Waals surface area contributed by atoms with Crippen LogP contribution in [0.1, 0.15) is 113 Å². The fourth-order valence-corrected chi connectivity index (χ4v) is 15.4. The van der Waals surface area contributed by atoms with Gasteiger partial charge in [-0.1, -0.05) is 179 Å². The van der Waals surface area contributed by atoms with Gasteiger partial charge in [0.05, 0.1) is 37.1 Å². The molecule has 9 heterocycles. The molecule has 123 heavy (non-hydrogen) atoms. The number of nitrogens with two attached hydrogens (primary N) is 1. The highest BCUT2D eigenvalue weighted by Crippen LogP contribution is 2.36. The molecule has 35 nitrogen and oxygen atoms in total. The molecule has 16 rings (SSSR count). The van der Waals surface area contributed by atoms with Crippen LogP contribution >= 0.6 is 0 Å². The molecule has 0 spiro atoms. The summed E-state index contributed by atoms with van der Waals surface area (Å²) in [6, 6.07) is 33.9. The first kappa shape index (κ1) is 87.4. The van der Waals surface area contributed by atoms with Gasteiger partial charge in [-0.3, -0.25) is 43.2 Å². The molecule has 13 N–H and O–H groups in total. The van der Waals surface area contributed by atoms with Crippen molar-refractivity contribution < 1.29 is 62.5 Å². The van der Waals surface area contributed by atoms with Gasteiger partial charge >= 0.3 is 5.97 Å². The molecule has 35 heteroatoms. The number of nitrogens with zero attached hydrogens (tertiary/aromatic N) is 11. The van der Waals surface area contributed by atoms with Gasteiger partial charge in [0.1, 0.15) is 90.1 Å². The normalized spacial score (nSPS) is 21.2. The zero-order valence-corrected chi connectivity index (χ0v) is 70.1. The van der Waals surface area contributed by atoms with E-state index >= 15 is 33.6 Å². The average molecular weight is 1680 g/mol. The number of nitrogens with one attached hydrogen (secondary N) is 10. The Balaban J connectivity index is 0.854. The smallest absolute Gasteiger partial charge is 0.326 e. The minimum atomic E-state index is -1.68. The van der Waals surface area contributed by atoms with Crippen molar-refractivity contribution in [1.29, 1.82) is 0 Å². The Labute approximate surface area is 709 Å². The van der Waals surface area contributed by atoms with Gasteiger partial charge in [0.2, 0.25) is 53.2 Å². The van der Waals surface area contributed by atoms with Gasteiger partial charge in [0.15, 0.2) is 5.82 Å². The predicted octanol–water partition coefficient (Wildman–Crippen LogP) is 3.77. The highest BCUT2D eigenvalue weighted by Gasteiger charge is 2.53. The molecule has 6 aliphatic heterocycles. The number of likely N-dealkylation sites (N-methyl/N-ethyl adjacent to an activating group) is 2. The minimum Gasteiger partial charge on any atom is -0.487 e. The number of carboxylic acid groups (broad SMARTS) is 1. The number of hydrogen-bond acceptors (Lipinski definition) is 22. The molecule has 3 aromatic heterocycles. The van der Waals surface area contributed by atoms with E-state index in [1.165, 1.54) is 25.4 Å². The summed E-state index contributed by atoms with van der Waals surface area (Å²) in [5.41, 5.74) is 8.07. The summed E-state index contributed by atoms with van der Waals surface area (Å²) < 4.78 is 15.4. The molecular formula is C88H104N22O13. The number of amides is 9. The zero-order valence-electron chi connectivity index (χ0n) is 70.1. The maximum atomic E-state index is 15.8. The van der Waals surface area contributed by atoms with E-state index in [0.29, 0.717) is 56.4 Å². The Bertz CT molecular complexity index is 5520. The van der Waals surface area contributed by atoms with E-state index in [1.54, 1.807) is 148 Å². The van der Waals surface area contributed by atoms with Gasteiger partial charge < -0.3 is 78.0 Å². The highest BCUT2D eigenvalue weighted by atomic mass is 16.5. The molecule has 7 aromatic carbocycles. The largest absolute Gasteiger partial charge is 0.487 e. The first-order chi connectivity index (χ1) is 58.8. The number of likely N-dealkylation sites (tertiary alicyclic amines) is 2. The van der Waals surface area contributed by atoms with Crippen LogP contribution < -0.4 is 63.1 Å². The van der Waals surface area contributed by atoms with Gasteiger partial charge in [0, 0.05) is 57.2 Å². The van der Waals surface area contributed by atoms with Crippen molar-refractivity contribution in [2.45, 2.75) is 186 Å². The Kier molecular flexibility index (Phi) is 26.8. The number of rotatable bonds is 17. The third-order valence-corrected chi connectivity index (χ3v) is 22.7. The highest BCUT2D eigenvalue weighted by molar-refractivity contribution is 5.99. The number of carbonyl (C=O) groups is 10. The van der Waals surface area contributed by atoms with Gasteiger partial charge in [0.25, 0.3) is 0 Å². The molecule has 10 aromatic rings. The second-order valence-electron chi connectivity index (χ2n) is 34.0. The van der Waals surface area contributed by atoms with Crippen LogP contribution in [0.5, 0.6) is 11.5 Å². The average Bonchev–Trinajstić information content (AvgIpc) is 1.61. The van der Waals surface area contributed by atoms with Crippen LogP contribution in [0.25, 0.3) is 32.9 Å². The first-order valence-electron chi connectivity index (χ1n) is 40.9. The van der Waals surface area contributed by atoms with Crippen LogP contribution in [0.4, 0.5) is 0 Å². The summed E-state index contributed by atoms with van der Waals surface area (Å²) in [6.45, 7) is 13.2. The topological polar surface area (TPSA) is 466 Å². The van der Waals surface area contributed by atoms with Crippen molar-refractivity contribution >= 4 is 80.7 Å². The lowest BCUT2D eigenvalue weighted by Gasteiger charge is -2.36. The number of benzene rings is 7. The van der Waals surface area contributed by atoms with Crippen LogP contribution in [0.3, 0.4) is 0 Å². The van der Waals surface area contributed by atoms with Crippen molar-refractivity contribution in [3.05, 3.63) is 209 Å². The molecule has 12 bridgehead atoms. The maximum Gasteiger partial charge on any atom is 0.326 e. The molecule has 12 unspecified atom stereocenters. The zero-order chi connectivity index (χ0) is 87.6. The van der Waals surface area contributed by atoms with Crippen LogP contribution in [0, 0.1) is 10.8 Å². The monoisotopic (exact) mass is 1680 g/mol. The molecular weight excluding hydrogens is 1570 g/mol. The van der Waals surface area contributed by atoms with E-state index in [2.05, 4.69) is 89.1 Å². The van der Waals surface area contributed by atoms with Crippen LogP contribution in [-0.2, 0) is 99.1 Å². The van der Waals surface area contributed by atoms with Crippen molar-refractivity contribution in [3.63, 3.8) is 0 Å². The second kappa shape index (κ2) is 37.7. The number of hydrogen-bond donors (Lipinski definition) is 12. The SMILES string of the molecule is CNC(C)C(=O)NC(C(=O)N1CC2CC1C(=O)NC(Cc1ccc3ccccc3c1)C(=O)NC(C(=O)O)Cc1ccc(cc1)OCc1cn(nn1)C1(N)CC(C(=O)NC(Cc3ccc4ccccc4c3)C(=O)NC(C(=O)NCc3cccc(-c4nnn[nH]4)c3)Cc3ccc(cc3)OCc3cn2nn3)N(C(=O)C(NC(=O)C(C)NC)C(C)(C)C)C1)C(C)(C)C. The van der Waals surface area contributed by atoms with Gasteiger partial charge in [-0.05, 0) is 129 Å². The molecule has 2 fully saturated rings. The first-order valence-corrected chi connectivity index (χ1v) is 40.9. The van der Waals surface area contributed by atoms with E-state index < -0.39 is 142 Å². The van der Waals surface area contributed by atoms with Gasteiger partial charge in [-0.2, -0.15) is 0 Å². The van der Waals surface area contributed by atoms with Crippen LogP contribution in [-0.4, -0.2) is 212 Å². The lowest BCUT2D eigenvalue weighted by Crippen LogP contribution is -2.61. The van der Waals surface area contributed by atoms with Crippen molar-refractivity contribution in [2.75, 3.05) is 27.2 Å². The summed E-state index contributed by atoms with van der Waals surface area (Å²) >= 11 is 0. The molecule has 0 aliphatic carbocycles. The molecule has 6 aliphatic rings. The van der Waals surface area contributed by atoms with E-state index in [9.17, 15) is 19.5 Å². The predicted molar refractivity (Wildman–Crippen MR) is 452 cm³/mol. The van der Waals surface area contributed by atoms with Crippen LogP contribution in [0.15, 0.2) is 170 Å². The summed E-state index contributed by atoms with van der Waals surface area (Å²) in [7, 11) is 3.22. The van der Waals surface area contributed by atoms with E-state index in [4.69, 9.17) is 15.2 Å². The summed E-state index contributed by atoms with van der Waals surface area (Å²) in [5, 5.41) is 72.6. The fourth-order valence-electron chi connectivity index (χ4n) is 15.4. The molecule has 12 atom stereocenters. The number of ether oxygens (including phenoxy) is 2. The molecule has 0 saturated carbocycles. The number of fused-ring (bicyclic) bond motifs is 2. The maximum absolute atomic E-state index is 15.8. The molecule has 644 valence electrons. The summed E-state index contributed by atoms with van der Waals surface area (Å²) in [4.78, 5) is 151.